The second-order valence-electron chi connectivity index (χ2n) is 6.18. The number of rotatable bonds is 8. The molecule has 6 nitrogen and oxygen atoms in total. The van der Waals surface area contributed by atoms with E-state index in [-0.39, 0.29) is 12.3 Å². The first-order valence-corrected chi connectivity index (χ1v) is 9.85. The monoisotopic (exact) mass is 476 g/mol. The number of hydrogen-bond donors (Lipinski definition) is 1. The zero-order chi connectivity index (χ0) is 20.8. The molecule has 3 aromatic rings. The molecular formula is C21H18BrClN2O4. The van der Waals surface area contributed by atoms with Crippen LogP contribution < -0.4 is 14.8 Å². The number of non-ortho nitro benzene ring substituents is 1. The quantitative estimate of drug-likeness (QED) is 0.308. The van der Waals surface area contributed by atoms with E-state index in [4.69, 9.17) is 21.1 Å². The molecule has 3 rings (SSSR count). The number of ether oxygens (including phenoxy) is 2. The van der Waals surface area contributed by atoms with E-state index in [9.17, 15) is 10.1 Å². The Morgan fingerprint density at radius 1 is 1.07 bits per heavy atom. The molecule has 0 amide bonds. The number of anilines is 1. The molecule has 8 heteroatoms. The van der Waals surface area contributed by atoms with Crippen LogP contribution in [0.25, 0.3) is 0 Å². The van der Waals surface area contributed by atoms with E-state index in [0.717, 1.165) is 21.3 Å². The van der Waals surface area contributed by atoms with Crippen LogP contribution in [0.2, 0.25) is 5.02 Å². The molecule has 0 radical (unpaired) electrons. The van der Waals surface area contributed by atoms with Gasteiger partial charge in [-0.15, -0.1) is 0 Å². The Hall–Kier alpha value is -2.77. The summed E-state index contributed by atoms with van der Waals surface area (Å²) >= 11 is 9.83. The van der Waals surface area contributed by atoms with Crippen molar-refractivity contribution < 1.29 is 14.4 Å². The Morgan fingerprint density at radius 2 is 1.76 bits per heavy atom. The molecule has 0 unspecified atom stereocenters. The van der Waals surface area contributed by atoms with E-state index in [2.05, 4.69) is 21.2 Å². The van der Waals surface area contributed by atoms with Crippen LogP contribution in [0, 0.1) is 10.1 Å². The fourth-order valence-electron chi connectivity index (χ4n) is 2.66. The van der Waals surface area contributed by atoms with Crippen LogP contribution in [-0.2, 0) is 13.2 Å². The molecular weight excluding hydrogens is 460 g/mol. The van der Waals surface area contributed by atoms with E-state index >= 15 is 0 Å². The van der Waals surface area contributed by atoms with Gasteiger partial charge in [0.15, 0.2) is 11.5 Å². The van der Waals surface area contributed by atoms with Gasteiger partial charge in [0, 0.05) is 28.8 Å². The highest BCUT2D eigenvalue weighted by molar-refractivity contribution is 9.10. The van der Waals surface area contributed by atoms with Crippen LogP contribution in [0.4, 0.5) is 11.4 Å². The standard InChI is InChI=1S/C21H18BrClN2O4/c1-28-20-11-15(12-24-17-6-4-16(22)5-7-17)10-19(23)21(20)29-13-14-2-8-18(9-3-14)25(26)27/h2-11,24H,12-13H2,1H3. The van der Waals surface area contributed by atoms with Crippen molar-refractivity contribution in [3.8, 4) is 11.5 Å². The number of benzene rings is 3. The molecule has 3 aromatic carbocycles. The van der Waals surface area contributed by atoms with Gasteiger partial charge in [-0.25, -0.2) is 0 Å². The van der Waals surface area contributed by atoms with Gasteiger partial charge in [0.05, 0.1) is 17.1 Å². The smallest absolute Gasteiger partial charge is 0.269 e. The number of nitrogens with one attached hydrogen (secondary N) is 1. The fourth-order valence-corrected chi connectivity index (χ4v) is 3.21. The molecule has 0 aliphatic rings. The van der Waals surface area contributed by atoms with Crippen molar-refractivity contribution in [2.45, 2.75) is 13.2 Å². The highest BCUT2D eigenvalue weighted by Gasteiger charge is 2.13. The van der Waals surface area contributed by atoms with Crippen molar-refractivity contribution in [3.05, 3.63) is 91.4 Å². The lowest BCUT2D eigenvalue weighted by Gasteiger charge is -2.15. The highest BCUT2D eigenvalue weighted by Crippen LogP contribution is 2.37. The lowest BCUT2D eigenvalue weighted by Crippen LogP contribution is -2.02. The first kappa shape index (κ1) is 21.0. The minimum atomic E-state index is -0.439. The number of halogens is 2. The van der Waals surface area contributed by atoms with Crippen LogP contribution in [0.5, 0.6) is 11.5 Å². The average molecular weight is 478 g/mol. The third kappa shape index (κ3) is 5.62. The molecule has 0 heterocycles. The summed E-state index contributed by atoms with van der Waals surface area (Å²) in [5, 5.41) is 14.5. The normalized spacial score (nSPS) is 10.4. The number of nitro groups is 1. The summed E-state index contributed by atoms with van der Waals surface area (Å²) in [5.41, 5.74) is 2.75. The number of methoxy groups -OCH3 is 1. The van der Waals surface area contributed by atoms with Crippen LogP contribution in [0.1, 0.15) is 11.1 Å². The SMILES string of the molecule is COc1cc(CNc2ccc(Br)cc2)cc(Cl)c1OCc1ccc([N+](=O)[O-])cc1. The Balaban J connectivity index is 1.69. The van der Waals surface area contributed by atoms with Gasteiger partial charge in [-0.1, -0.05) is 27.5 Å². The summed E-state index contributed by atoms with van der Waals surface area (Å²) in [7, 11) is 1.55. The molecule has 0 bridgehead atoms. The van der Waals surface area contributed by atoms with E-state index in [1.807, 2.05) is 36.4 Å². The van der Waals surface area contributed by atoms with Crippen molar-refractivity contribution >= 4 is 38.9 Å². The summed E-state index contributed by atoms with van der Waals surface area (Å²) in [6.07, 6.45) is 0. The Bertz CT molecular complexity index is 995. The van der Waals surface area contributed by atoms with E-state index in [1.54, 1.807) is 19.2 Å². The van der Waals surface area contributed by atoms with Crippen molar-refractivity contribution in [3.63, 3.8) is 0 Å². The summed E-state index contributed by atoms with van der Waals surface area (Å²) < 4.78 is 12.3. The zero-order valence-electron chi connectivity index (χ0n) is 15.5. The molecule has 29 heavy (non-hydrogen) atoms. The van der Waals surface area contributed by atoms with Gasteiger partial charge in [0.2, 0.25) is 0 Å². The van der Waals surface area contributed by atoms with Gasteiger partial charge in [0.25, 0.3) is 5.69 Å². The lowest BCUT2D eigenvalue weighted by molar-refractivity contribution is -0.384. The number of nitrogens with zero attached hydrogens (tertiary/aromatic N) is 1. The molecule has 0 aliphatic carbocycles. The molecule has 1 N–H and O–H groups in total. The van der Waals surface area contributed by atoms with Crippen LogP contribution in [0.15, 0.2) is 65.1 Å². The van der Waals surface area contributed by atoms with E-state index < -0.39 is 4.92 Å². The first-order chi connectivity index (χ1) is 14.0. The summed E-state index contributed by atoms with van der Waals surface area (Å²) in [4.78, 5) is 10.3. The van der Waals surface area contributed by atoms with Crippen LogP contribution in [0.3, 0.4) is 0 Å². The van der Waals surface area contributed by atoms with Crippen LogP contribution in [-0.4, -0.2) is 12.0 Å². The van der Waals surface area contributed by atoms with Gasteiger partial charge in [-0.3, -0.25) is 10.1 Å². The van der Waals surface area contributed by atoms with Gasteiger partial charge in [-0.05, 0) is 59.7 Å². The number of hydrogen-bond acceptors (Lipinski definition) is 5. The topological polar surface area (TPSA) is 73.6 Å². The predicted molar refractivity (Wildman–Crippen MR) is 117 cm³/mol. The molecule has 0 saturated heterocycles. The minimum Gasteiger partial charge on any atom is -0.493 e. The molecule has 0 aliphatic heterocycles. The summed E-state index contributed by atoms with van der Waals surface area (Å²) in [6.45, 7) is 0.783. The maximum absolute atomic E-state index is 10.7. The second-order valence-corrected chi connectivity index (χ2v) is 7.50. The fraction of sp³-hybridized carbons (Fsp3) is 0.143. The molecule has 150 valence electrons. The Labute approximate surface area is 181 Å². The molecule has 0 fully saturated rings. The van der Waals surface area contributed by atoms with Gasteiger partial charge in [-0.2, -0.15) is 0 Å². The zero-order valence-corrected chi connectivity index (χ0v) is 17.9. The summed E-state index contributed by atoms with van der Waals surface area (Å²) in [6, 6.07) is 17.7. The number of nitro benzene ring substituents is 1. The minimum absolute atomic E-state index is 0.0342. The van der Waals surface area contributed by atoms with Gasteiger partial charge >= 0.3 is 0 Å². The van der Waals surface area contributed by atoms with Crippen LogP contribution >= 0.6 is 27.5 Å². The third-order valence-corrected chi connectivity index (χ3v) is 4.97. The predicted octanol–water partition coefficient (Wildman–Crippen LogP) is 6.21. The second kappa shape index (κ2) is 9.62. The third-order valence-electron chi connectivity index (χ3n) is 4.16. The maximum Gasteiger partial charge on any atom is 0.269 e. The van der Waals surface area contributed by atoms with Gasteiger partial charge < -0.3 is 14.8 Å². The van der Waals surface area contributed by atoms with Gasteiger partial charge in [0.1, 0.15) is 6.61 Å². The first-order valence-electron chi connectivity index (χ1n) is 8.68. The maximum atomic E-state index is 10.7. The van der Waals surface area contributed by atoms with Crippen molar-refractivity contribution in [1.82, 2.24) is 0 Å². The molecule has 0 spiro atoms. The molecule has 0 atom stereocenters. The molecule has 0 aromatic heterocycles. The lowest BCUT2D eigenvalue weighted by atomic mass is 10.2. The van der Waals surface area contributed by atoms with Crippen molar-refractivity contribution in [2.24, 2.45) is 0 Å². The largest absolute Gasteiger partial charge is 0.493 e. The Morgan fingerprint density at radius 3 is 2.38 bits per heavy atom. The average Bonchev–Trinajstić information content (AvgIpc) is 2.72. The summed E-state index contributed by atoms with van der Waals surface area (Å²) in [5.74, 6) is 0.951. The van der Waals surface area contributed by atoms with Crippen molar-refractivity contribution in [2.75, 3.05) is 12.4 Å². The Kier molecular flexibility index (Phi) is 6.95. The van der Waals surface area contributed by atoms with Crippen molar-refractivity contribution in [1.29, 1.82) is 0 Å². The highest BCUT2D eigenvalue weighted by atomic mass is 79.9. The molecule has 0 saturated carbocycles. The van der Waals surface area contributed by atoms with E-state index in [1.165, 1.54) is 12.1 Å². The van der Waals surface area contributed by atoms with E-state index in [0.29, 0.717) is 23.1 Å².